The van der Waals surface area contributed by atoms with Gasteiger partial charge in [0.15, 0.2) is 0 Å². The molecule has 0 saturated carbocycles. The molecule has 1 rings (SSSR count). The molecule has 1 amide bonds. The van der Waals surface area contributed by atoms with Crippen LogP contribution in [-0.4, -0.2) is 30.9 Å². The number of rotatable bonds is 6. The summed E-state index contributed by atoms with van der Waals surface area (Å²) in [7, 11) is 3.47. The van der Waals surface area contributed by atoms with E-state index >= 15 is 0 Å². The van der Waals surface area contributed by atoms with Crippen LogP contribution >= 0.6 is 0 Å². The second kappa shape index (κ2) is 7.02. The van der Waals surface area contributed by atoms with Gasteiger partial charge in [-0.3, -0.25) is 4.79 Å². The zero-order chi connectivity index (χ0) is 14.4. The molecular formula is C15H25N3O. The standard InChI is InChI=1S/C15H25N3O/c1-5-6-7-11(2)17-14-9-8-12(10-13(14)16)15(19)18(3)4/h8-11,17H,5-7,16H2,1-4H3. The lowest BCUT2D eigenvalue weighted by Gasteiger charge is -2.17. The molecule has 3 N–H and O–H groups in total. The number of hydrogen-bond acceptors (Lipinski definition) is 3. The quantitative estimate of drug-likeness (QED) is 0.776. The summed E-state index contributed by atoms with van der Waals surface area (Å²) in [6.07, 6.45) is 3.51. The molecule has 0 fully saturated rings. The van der Waals surface area contributed by atoms with Crippen molar-refractivity contribution in [1.29, 1.82) is 0 Å². The Hall–Kier alpha value is -1.71. The number of carbonyl (C=O) groups excluding carboxylic acids is 1. The van der Waals surface area contributed by atoms with E-state index in [0.717, 1.165) is 12.1 Å². The largest absolute Gasteiger partial charge is 0.397 e. The van der Waals surface area contributed by atoms with E-state index in [1.807, 2.05) is 12.1 Å². The molecular weight excluding hydrogens is 238 g/mol. The van der Waals surface area contributed by atoms with Crippen LogP contribution in [0.15, 0.2) is 18.2 Å². The first-order chi connectivity index (χ1) is 8.95. The molecule has 1 aromatic rings. The fourth-order valence-electron chi connectivity index (χ4n) is 1.93. The first-order valence-electron chi connectivity index (χ1n) is 6.83. The van der Waals surface area contributed by atoms with Crippen molar-refractivity contribution in [2.75, 3.05) is 25.1 Å². The van der Waals surface area contributed by atoms with Crippen molar-refractivity contribution >= 4 is 17.3 Å². The van der Waals surface area contributed by atoms with E-state index in [2.05, 4.69) is 19.2 Å². The van der Waals surface area contributed by atoms with Crippen LogP contribution in [0.2, 0.25) is 0 Å². The smallest absolute Gasteiger partial charge is 0.253 e. The Morgan fingerprint density at radius 2 is 2.11 bits per heavy atom. The number of amides is 1. The van der Waals surface area contributed by atoms with Gasteiger partial charge < -0.3 is 16.0 Å². The monoisotopic (exact) mass is 263 g/mol. The number of nitrogens with two attached hydrogens (primary N) is 1. The van der Waals surface area contributed by atoms with Gasteiger partial charge in [0.05, 0.1) is 11.4 Å². The van der Waals surface area contributed by atoms with Crippen molar-refractivity contribution in [3.63, 3.8) is 0 Å². The van der Waals surface area contributed by atoms with Crippen LogP contribution in [0.4, 0.5) is 11.4 Å². The van der Waals surface area contributed by atoms with Gasteiger partial charge in [-0.1, -0.05) is 19.8 Å². The van der Waals surface area contributed by atoms with Gasteiger partial charge in [-0.15, -0.1) is 0 Å². The molecule has 0 bridgehead atoms. The van der Waals surface area contributed by atoms with E-state index in [-0.39, 0.29) is 5.91 Å². The maximum atomic E-state index is 11.8. The highest BCUT2D eigenvalue weighted by molar-refractivity contribution is 5.95. The lowest BCUT2D eigenvalue weighted by atomic mass is 10.1. The third-order valence-electron chi connectivity index (χ3n) is 3.10. The first-order valence-corrected chi connectivity index (χ1v) is 6.83. The topological polar surface area (TPSA) is 58.4 Å². The Morgan fingerprint density at radius 3 is 2.63 bits per heavy atom. The Labute approximate surface area is 116 Å². The van der Waals surface area contributed by atoms with Crippen LogP contribution in [0.25, 0.3) is 0 Å². The molecule has 106 valence electrons. The van der Waals surface area contributed by atoms with Gasteiger partial charge in [0, 0.05) is 25.7 Å². The average molecular weight is 263 g/mol. The van der Waals surface area contributed by atoms with Crippen LogP contribution in [0, 0.1) is 0 Å². The lowest BCUT2D eigenvalue weighted by molar-refractivity contribution is 0.0827. The summed E-state index contributed by atoms with van der Waals surface area (Å²) in [5, 5.41) is 3.39. The first kappa shape index (κ1) is 15.3. The second-order valence-electron chi connectivity index (χ2n) is 5.19. The highest BCUT2D eigenvalue weighted by atomic mass is 16.2. The van der Waals surface area contributed by atoms with E-state index in [4.69, 9.17) is 5.73 Å². The van der Waals surface area contributed by atoms with E-state index < -0.39 is 0 Å². The van der Waals surface area contributed by atoms with Gasteiger partial charge in [0.2, 0.25) is 0 Å². The third kappa shape index (κ3) is 4.47. The Balaban J connectivity index is 2.75. The minimum absolute atomic E-state index is 0.0303. The summed E-state index contributed by atoms with van der Waals surface area (Å²) < 4.78 is 0. The Morgan fingerprint density at radius 1 is 1.42 bits per heavy atom. The summed E-state index contributed by atoms with van der Waals surface area (Å²) in [6, 6.07) is 5.82. The molecule has 19 heavy (non-hydrogen) atoms. The SMILES string of the molecule is CCCCC(C)Nc1ccc(C(=O)N(C)C)cc1N. The van der Waals surface area contributed by atoms with E-state index in [1.54, 1.807) is 25.1 Å². The predicted octanol–water partition coefficient (Wildman–Crippen LogP) is 2.96. The van der Waals surface area contributed by atoms with Gasteiger partial charge in [-0.25, -0.2) is 0 Å². The molecule has 0 saturated heterocycles. The molecule has 4 heteroatoms. The van der Waals surface area contributed by atoms with Gasteiger partial charge in [0.1, 0.15) is 0 Å². The molecule has 0 spiro atoms. The number of nitrogens with one attached hydrogen (secondary N) is 1. The Kier molecular flexibility index (Phi) is 5.67. The molecule has 0 radical (unpaired) electrons. The van der Waals surface area contributed by atoms with Crippen molar-refractivity contribution in [3.8, 4) is 0 Å². The fraction of sp³-hybridized carbons (Fsp3) is 0.533. The normalized spacial score (nSPS) is 12.0. The Bertz CT molecular complexity index is 429. The molecule has 0 aliphatic rings. The summed E-state index contributed by atoms with van der Waals surface area (Å²) in [4.78, 5) is 13.4. The zero-order valence-corrected chi connectivity index (χ0v) is 12.4. The summed E-state index contributed by atoms with van der Waals surface area (Å²) in [5.74, 6) is -0.0303. The van der Waals surface area contributed by atoms with Gasteiger partial charge in [-0.05, 0) is 31.5 Å². The van der Waals surface area contributed by atoms with Crippen LogP contribution in [0.5, 0.6) is 0 Å². The number of unbranched alkanes of at least 4 members (excludes halogenated alkanes) is 1. The fourth-order valence-corrected chi connectivity index (χ4v) is 1.93. The van der Waals surface area contributed by atoms with Crippen LogP contribution in [0.3, 0.4) is 0 Å². The molecule has 0 aliphatic heterocycles. The van der Waals surface area contributed by atoms with Crippen molar-refractivity contribution in [2.24, 2.45) is 0 Å². The molecule has 0 aliphatic carbocycles. The van der Waals surface area contributed by atoms with Gasteiger partial charge in [0.25, 0.3) is 5.91 Å². The molecule has 4 nitrogen and oxygen atoms in total. The van der Waals surface area contributed by atoms with Crippen molar-refractivity contribution in [1.82, 2.24) is 4.90 Å². The molecule has 1 aromatic carbocycles. The second-order valence-corrected chi connectivity index (χ2v) is 5.19. The molecule has 0 aromatic heterocycles. The minimum atomic E-state index is -0.0303. The molecule has 1 atom stereocenters. The number of carbonyl (C=O) groups is 1. The highest BCUT2D eigenvalue weighted by Gasteiger charge is 2.11. The summed E-state index contributed by atoms with van der Waals surface area (Å²) >= 11 is 0. The van der Waals surface area contributed by atoms with Crippen molar-refractivity contribution in [3.05, 3.63) is 23.8 Å². The molecule has 1 unspecified atom stereocenters. The number of anilines is 2. The highest BCUT2D eigenvalue weighted by Crippen LogP contribution is 2.22. The summed E-state index contributed by atoms with van der Waals surface area (Å²) in [6.45, 7) is 4.33. The third-order valence-corrected chi connectivity index (χ3v) is 3.10. The maximum Gasteiger partial charge on any atom is 0.253 e. The maximum absolute atomic E-state index is 11.8. The van der Waals surface area contributed by atoms with Crippen LogP contribution < -0.4 is 11.1 Å². The van der Waals surface area contributed by atoms with Crippen molar-refractivity contribution < 1.29 is 4.79 Å². The van der Waals surface area contributed by atoms with Gasteiger partial charge in [-0.2, -0.15) is 0 Å². The van der Waals surface area contributed by atoms with E-state index in [0.29, 0.717) is 17.3 Å². The predicted molar refractivity (Wildman–Crippen MR) is 81.5 cm³/mol. The average Bonchev–Trinajstić information content (AvgIpc) is 2.37. The van der Waals surface area contributed by atoms with E-state index in [1.165, 1.54) is 12.8 Å². The number of nitrogen functional groups attached to an aromatic ring is 1. The molecule has 0 heterocycles. The number of nitrogens with zero attached hydrogens (tertiary/aromatic N) is 1. The van der Waals surface area contributed by atoms with Gasteiger partial charge >= 0.3 is 0 Å². The van der Waals surface area contributed by atoms with E-state index in [9.17, 15) is 4.79 Å². The summed E-state index contributed by atoms with van der Waals surface area (Å²) in [5.41, 5.74) is 8.15. The number of hydrogen-bond donors (Lipinski definition) is 2. The minimum Gasteiger partial charge on any atom is -0.397 e. The number of benzene rings is 1. The van der Waals surface area contributed by atoms with Crippen LogP contribution in [0.1, 0.15) is 43.5 Å². The lowest BCUT2D eigenvalue weighted by Crippen LogP contribution is -2.22. The van der Waals surface area contributed by atoms with Crippen LogP contribution in [-0.2, 0) is 0 Å². The van der Waals surface area contributed by atoms with Crippen molar-refractivity contribution in [2.45, 2.75) is 39.2 Å². The zero-order valence-electron chi connectivity index (χ0n) is 12.4.